The molecule has 632 valence electrons. The van der Waals surface area contributed by atoms with E-state index < -0.39 is 230 Å². The van der Waals surface area contributed by atoms with Gasteiger partial charge in [-0.2, -0.15) is 0 Å². The van der Waals surface area contributed by atoms with Crippen LogP contribution in [0, 0.1) is 5.92 Å². The molecule has 0 bridgehead atoms. The lowest BCUT2D eigenvalue weighted by atomic mass is 9.73. The van der Waals surface area contributed by atoms with Gasteiger partial charge >= 0.3 is 5.97 Å². The molecule has 2 aromatic rings. The number of amides is 17. The second-order valence-corrected chi connectivity index (χ2v) is 31.3. The fourth-order valence-corrected chi connectivity index (χ4v) is 14.2. The Morgan fingerprint density at radius 2 is 0.983 bits per heavy atom. The van der Waals surface area contributed by atoms with E-state index >= 15 is 0 Å². The molecule has 4 aliphatic rings. The molecule has 2 aliphatic carbocycles. The van der Waals surface area contributed by atoms with Crippen LogP contribution in [-0.4, -0.2) is 377 Å². The lowest BCUT2D eigenvalue weighted by Crippen LogP contribution is -2.54. The van der Waals surface area contributed by atoms with Gasteiger partial charge in [-0.1, -0.05) is 43.2 Å². The summed E-state index contributed by atoms with van der Waals surface area (Å²) in [5, 5.41) is 22.7. The van der Waals surface area contributed by atoms with Crippen LogP contribution in [-0.2, 0) is 113 Å². The monoisotopic (exact) mass is 1640 g/mol. The topological polar surface area (TPSA) is 536 Å². The van der Waals surface area contributed by atoms with Gasteiger partial charge in [0, 0.05) is 114 Å². The van der Waals surface area contributed by atoms with E-state index in [1.807, 2.05) is 0 Å². The predicted octanol–water partition coefficient (Wildman–Crippen LogP) is -7.01. The molecule has 1 saturated heterocycles. The summed E-state index contributed by atoms with van der Waals surface area (Å²) in [7, 11) is 7.47. The number of aliphatic carboxylic acids is 1. The van der Waals surface area contributed by atoms with Crippen molar-refractivity contribution in [2.24, 2.45) is 11.7 Å². The number of benzene rings is 1. The van der Waals surface area contributed by atoms with Crippen LogP contribution in [0.1, 0.15) is 92.2 Å². The Bertz CT molecular complexity index is 4060. The van der Waals surface area contributed by atoms with Gasteiger partial charge in [0.1, 0.15) is 18.8 Å². The molecule has 0 radical (unpaired) electrons. The summed E-state index contributed by atoms with van der Waals surface area (Å²) in [6, 6.07) is 5.39. The van der Waals surface area contributed by atoms with Crippen LogP contribution in [0.5, 0.6) is 0 Å². The van der Waals surface area contributed by atoms with Crippen molar-refractivity contribution in [2.45, 2.75) is 111 Å². The van der Waals surface area contributed by atoms with Crippen molar-refractivity contribution in [1.29, 1.82) is 0 Å². The zero-order valence-electron chi connectivity index (χ0n) is 66.1. The zero-order valence-corrected chi connectivity index (χ0v) is 67.0. The van der Waals surface area contributed by atoms with Gasteiger partial charge in [-0.15, -0.1) is 0 Å². The highest BCUT2D eigenvalue weighted by Gasteiger charge is 2.47. The number of carbonyl (C=O) groups is 18. The van der Waals surface area contributed by atoms with Gasteiger partial charge in [0.25, 0.3) is 5.91 Å². The van der Waals surface area contributed by atoms with Crippen molar-refractivity contribution < 1.29 is 109 Å². The number of nitrogens with two attached hydrogens (primary N) is 1. The zero-order chi connectivity index (χ0) is 85.2. The summed E-state index contributed by atoms with van der Waals surface area (Å²) in [5.74, 6) is -14.2. The van der Waals surface area contributed by atoms with Gasteiger partial charge in [-0.05, 0) is 50.0 Å². The Balaban J connectivity index is 1.03. The van der Waals surface area contributed by atoms with Crippen molar-refractivity contribution in [2.75, 3.05) is 175 Å². The molecule has 2 aliphatic heterocycles. The van der Waals surface area contributed by atoms with Gasteiger partial charge in [0.15, 0.2) is 0 Å². The standard InChI is InChI=1S/C72H105N19O23S/c1-82(34-52(73)92)58(98)36-84(3)60(100)38-86(5)62(102)40-88(7)64(104)42-90(9)65(105)41-89(8)63(103)39-87(6)61(101)37-85(4)59(99)35-83(2)57(97)28-50(79-53(93)21-24-91-43-72(22-25-113-26-23-72)67-48(70(91)110)30-77-71(81-67)115(111,112)47-17-13-14-18-47)69(109)75-31-54(94)74-33-56(96)80-49(27-45-15-11-10-12-16-45)68(108)76-32-55(95)78-44-114-51(29-66(106)107)46-19-20-46/h10-12,15-16,30,46-47,49-51H,13-14,17-29,31-44H2,1-9H3,(H2,73,92)(H,74,94)(H,75,109)(H,76,108)(H,78,95)(H,79,93)(H,80,96)(H,106,107)/t49-,50-,51-/m0/s1. The van der Waals surface area contributed by atoms with Crippen LogP contribution in [0.4, 0.5) is 0 Å². The lowest BCUT2D eigenvalue weighted by Gasteiger charge is -2.44. The van der Waals surface area contributed by atoms with Gasteiger partial charge in [0.05, 0.1) is 114 Å². The van der Waals surface area contributed by atoms with Crippen molar-refractivity contribution >= 4 is 116 Å². The molecule has 3 atom stereocenters. The first kappa shape index (κ1) is 92.5. The Morgan fingerprint density at radius 3 is 1.43 bits per heavy atom. The van der Waals surface area contributed by atoms with Gasteiger partial charge in [-0.25, -0.2) is 18.4 Å². The van der Waals surface area contributed by atoms with E-state index in [0.717, 1.165) is 69.8 Å². The molecule has 43 heteroatoms. The second kappa shape index (κ2) is 43.2. The number of primary amides is 1. The van der Waals surface area contributed by atoms with Crippen LogP contribution in [0.25, 0.3) is 0 Å². The summed E-state index contributed by atoms with van der Waals surface area (Å²) in [6.45, 7) is -7.08. The van der Waals surface area contributed by atoms with Crippen LogP contribution in [0.2, 0.25) is 0 Å². The quantitative estimate of drug-likeness (QED) is 0.0226. The maximum Gasteiger partial charge on any atom is 0.305 e. The second-order valence-electron chi connectivity index (χ2n) is 29.2. The van der Waals surface area contributed by atoms with Crippen LogP contribution >= 0.6 is 0 Å². The minimum absolute atomic E-state index is 0.00401. The highest BCUT2D eigenvalue weighted by atomic mass is 32.2. The van der Waals surface area contributed by atoms with E-state index in [4.69, 9.17) is 15.2 Å². The average molecular weight is 1640 g/mol. The number of carboxylic acid groups (broad SMARTS) is 1. The average Bonchev–Trinajstić information content (AvgIpc) is 1.39. The molecule has 42 nitrogen and oxygen atoms in total. The third-order valence-electron chi connectivity index (χ3n) is 19.9. The minimum atomic E-state index is -3.93. The number of fused-ring (bicyclic) bond motifs is 2. The first-order valence-electron chi connectivity index (χ1n) is 37.2. The number of nitrogens with one attached hydrogen (secondary N) is 6. The van der Waals surface area contributed by atoms with E-state index in [-0.39, 0.29) is 74.8 Å². The maximum absolute atomic E-state index is 14.2. The first-order chi connectivity index (χ1) is 54.2. The molecule has 3 fully saturated rings. The SMILES string of the molecule is CN(CC(N)=O)C(=O)CN(C)C(=O)CN(C)C(=O)CN(C)C(=O)CN(C)C(=O)CN(C)C(=O)CN(C)C(=O)CN(C)C(=O)CN(C)C(=O)C[C@H](NC(=O)CCN1CC2(CCOCC2)c2nc(S(=O)(=O)C3CCCC3)ncc2C1=O)C(=O)NCC(=O)NCC(=O)N[C@@H](Cc1ccccc1)C(=O)NCC(=O)NCO[C@@H](CC(=O)O)C1CC1. The van der Waals surface area contributed by atoms with Crippen molar-refractivity contribution in [1.82, 2.24) is 90.9 Å². The summed E-state index contributed by atoms with van der Waals surface area (Å²) < 4.78 is 38.6. The molecular weight excluding hydrogens is 1530 g/mol. The third-order valence-corrected chi connectivity index (χ3v) is 21.9. The largest absolute Gasteiger partial charge is 0.481 e. The molecule has 3 heterocycles. The van der Waals surface area contributed by atoms with Crippen LogP contribution in [0.15, 0.2) is 41.7 Å². The van der Waals surface area contributed by atoms with E-state index in [1.165, 1.54) is 74.5 Å². The van der Waals surface area contributed by atoms with E-state index in [0.29, 0.717) is 31.2 Å². The molecule has 17 amide bonds. The lowest BCUT2D eigenvalue weighted by molar-refractivity contribution is -0.146. The number of nitrogens with zero attached hydrogens (tertiary/aromatic N) is 12. The number of hydrogen-bond acceptors (Lipinski definition) is 24. The normalized spacial score (nSPS) is 15.0. The number of ether oxygens (including phenoxy) is 2. The third kappa shape index (κ3) is 28.6. The summed E-state index contributed by atoms with van der Waals surface area (Å²) in [6.07, 6.45) is 3.52. The molecule has 1 aromatic carbocycles. The fraction of sp³-hybridized carbons (Fsp3) is 0.611. The van der Waals surface area contributed by atoms with Crippen molar-refractivity contribution in [3.63, 3.8) is 0 Å². The number of aromatic nitrogens is 2. The number of carboxylic acids is 1. The molecular formula is C72H105N19O23S. The number of sulfone groups is 1. The molecule has 6 rings (SSSR count). The molecule has 2 saturated carbocycles. The van der Waals surface area contributed by atoms with Crippen molar-refractivity contribution in [3.05, 3.63) is 53.3 Å². The molecule has 1 aromatic heterocycles. The number of rotatable bonds is 43. The van der Waals surface area contributed by atoms with Gasteiger partial charge in [0.2, 0.25) is 110 Å². The highest BCUT2D eigenvalue weighted by Crippen LogP contribution is 2.41. The highest BCUT2D eigenvalue weighted by molar-refractivity contribution is 7.91. The van der Waals surface area contributed by atoms with Crippen molar-refractivity contribution in [3.8, 4) is 0 Å². The summed E-state index contributed by atoms with van der Waals surface area (Å²) in [4.78, 5) is 256. The Hall–Kier alpha value is -11.4. The smallest absolute Gasteiger partial charge is 0.305 e. The molecule has 115 heavy (non-hydrogen) atoms. The summed E-state index contributed by atoms with van der Waals surface area (Å²) >= 11 is 0. The molecule has 1 spiro atoms. The fourth-order valence-electron chi connectivity index (χ4n) is 12.5. The van der Waals surface area contributed by atoms with Gasteiger partial charge in [-0.3, -0.25) is 86.3 Å². The maximum atomic E-state index is 14.2. The van der Waals surface area contributed by atoms with Gasteiger partial charge < -0.3 is 101 Å². The number of carbonyl (C=O) groups excluding carboxylic acids is 17. The Kier molecular flexibility index (Phi) is 34.8. The molecule has 0 unspecified atom stereocenters. The Morgan fingerprint density at radius 1 is 0.557 bits per heavy atom. The predicted molar refractivity (Wildman–Crippen MR) is 402 cm³/mol. The van der Waals surface area contributed by atoms with Crippen LogP contribution < -0.4 is 37.6 Å². The number of likely N-dealkylation sites (N-methyl/N-ethyl adjacent to an activating group) is 9. The van der Waals surface area contributed by atoms with E-state index in [9.17, 15) is 99.8 Å². The first-order valence-corrected chi connectivity index (χ1v) is 38.7. The summed E-state index contributed by atoms with van der Waals surface area (Å²) in [5.41, 5.74) is 5.11. The number of hydrogen-bond donors (Lipinski definition) is 8. The Labute approximate surface area is 664 Å². The van der Waals surface area contributed by atoms with E-state index in [2.05, 4.69) is 41.9 Å². The minimum Gasteiger partial charge on any atom is -0.481 e. The molecule has 9 N–H and O–H groups in total. The van der Waals surface area contributed by atoms with E-state index in [1.54, 1.807) is 30.3 Å². The van der Waals surface area contributed by atoms with Crippen LogP contribution in [0.3, 0.4) is 0 Å².